The van der Waals surface area contributed by atoms with E-state index in [-0.39, 0.29) is 50.2 Å². The molecule has 0 aromatic heterocycles. The van der Waals surface area contributed by atoms with E-state index in [1.807, 2.05) is 20.8 Å². The molecule has 2 N–H and O–H groups in total. The van der Waals surface area contributed by atoms with Gasteiger partial charge in [0, 0.05) is 35.2 Å². The Labute approximate surface area is 410 Å². The van der Waals surface area contributed by atoms with Gasteiger partial charge in [0.15, 0.2) is 0 Å². The fourth-order valence-corrected chi connectivity index (χ4v) is 9.93. The Balaban J connectivity index is 1.13. The average Bonchev–Trinajstić information content (AvgIpc) is 3.32. The number of likely N-dealkylation sites (N-methyl/N-ethyl adjacent to an activating group) is 1. The molecule has 9 nitrogen and oxygen atoms in total. The fourth-order valence-electron chi connectivity index (χ4n) is 9.93. The Bertz CT molecular complexity index is 2720. The summed E-state index contributed by atoms with van der Waals surface area (Å²) in [5.41, 5.74) is 15.7. The van der Waals surface area contributed by atoms with E-state index < -0.39 is 17.4 Å². The zero-order chi connectivity index (χ0) is 49.4. The predicted octanol–water partition coefficient (Wildman–Crippen LogP) is 13.4. The van der Waals surface area contributed by atoms with E-state index in [4.69, 9.17) is 14.2 Å². The first-order chi connectivity index (χ1) is 33.0. The molecular formula is C60H71N3O6. The monoisotopic (exact) mass is 930 g/mol. The van der Waals surface area contributed by atoms with Crippen LogP contribution in [0.15, 0.2) is 115 Å². The van der Waals surface area contributed by atoms with Crippen molar-refractivity contribution in [1.29, 1.82) is 0 Å². The van der Waals surface area contributed by atoms with Crippen molar-refractivity contribution in [1.82, 2.24) is 0 Å². The molecule has 69 heavy (non-hydrogen) atoms. The van der Waals surface area contributed by atoms with Gasteiger partial charge < -0.3 is 29.7 Å². The van der Waals surface area contributed by atoms with Gasteiger partial charge in [-0.1, -0.05) is 116 Å². The third-order valence-electron chi connectivity index (χ3n) is 13.9. The number of allylic oxidation sites excluding steroid dienone is 3. The fraction of sp³-hybridized carbons (Fsp3) is 0.383. The maximum absolute atomic E-state index is 13.2. The van der Waals surface area contributed by atoms with E-state index in [1.54, 1.807) is 0 Å². The van der Waals surface area contributed by atoms with Crippen LogP contribution in [-0.2, 0) is 28.6 Å². The van der Waals surface area contributed by atoms with E-state index in [0.717, 1.165) is 75.8 Å². The number of nitrogens with zero attached hydrogens (tertiary/aromatic N) is 1. The van der Waals surface area contributed by atoms with Gasteiger partial charge in [0.25, 0.3) is 0 Å². The number of carbonyl (C=O) groups is 3. The number of carbonyl (C=O) groups excluding carboxylic acids is 3. The smallest absolute Gasteiger partial charge is 0.311 e. The zero-order valence-electron chi connectivity index (χ0n) is 42.4. The number of aryl methyl sites for hydroxylation is 6. The molecule has 2 aliphatic rings. The highest BCUT2D eigenvalue weighted by Gasteiger charge is 2.30. The molecule has 0 radical (unpaired) electrons. The first-order valence-electron chi connectivity index (χ1n) is 24.7. The minimum atomic E-state index is -0.598. The van der Waals surface area contributed by atoms with E-state index in [0.29, 0.717) is 6.42 Å². The lowest BCUT2D eigenvalue weighted by molar-refractivity contribution is -0.160. The Kier molecular flexibility index (Phi) is 16.2. The van der Waals surface area contributed by atoms with Crippen molar-refractivity contribution in [3.8, 4) is 0 Å². The second-order valence-electron chi connectivity index (χ2n) is 19.7. The normalized spacial score (nSPS) is 16.8. The van der Waals surface area contributed by atoms with Crippen molar-refractivity contribution in [2.45, 2.75) is 125 Å². The van der Waals surface area contributed by atoms with Crippen molar-refractivity contribution in [2.24, 2.45) is 5.41 Å². The van der Waals surface area contributed by atoms with E-state index in [9.17, 15) is 14.4 Å². The lowest BCUT2D eigenvalue weighted by Crippen LogP contribution is -2.39. The summed E-state index contributed by atoms with van der Waals surface area (Å²) in [6.07, 6.45) is 12.8. The van der Waals surface area contributed by atoms with Crippen LogP contribution in [0.3, 0.4) is 0 Å². The number of rotatable bonds is 17. The molecule has 0 amide bonds. The van der Waals surface area contributed by atoms with E-state index >= 15 is 0 Å². The Hall–Kier alpha value is -6.61. The summed E-state index contributed by atoms with van der Waals surface area (Å²) in [6.45, 7) is 18.4. The highest BCUT2D eigenvalue weighted by Crippen LogP contribution is 2.40. The van der Waals surface area contributed by atoms with Crippen LogP contribution in [0.4, 0.5) is 22.7 Å². The second-order valence-corrected chi connectivity index (χ2v) is 19.7. The highest BCUT2D eigenvalue weighted by molar-refractivity contribution is 6.05. The Morgan fingerprint density at radius 1 is 0.710 bits per heavy atom. The molecule has 1 saturated carbocycles. The van der Waals surface area contributed by atoms with Gasteiger partial charge in [-0.05, 0) is 149 Å². The van der Waals surface area contributed by atoms with Crippen LogP contribution in [0.25, 0.3) is 16.3 Å². The number of hydrogen-bond donors (Lipinski definition) is 2. The molecule has 7 rings (SSSR count). The number of ether oxygens (including phenoxy) is 3. The molecule has 1 fully saturated rings. The molecule has 9 heteroatoms. The Morgan fingerprint density at radius 2 is 1.30 bits per heavy atom. The van der Waals surface area contributed by atoms with Gasteiger partial charge >= 0.3 is 17.9 Å². The molecule has 2 aliphatic carbocycles. The Morgan fingerprint density at radius 3 is 1.96 bits per heavy atom. The van der Waals surface area contributed by atoms with E-state index in [2.05, 4.69) is 173 Å². The molecular weight excluding hydrogens is 859 g/mol. The molecule has 0 heterocycles. The summed E-state index contributed by atoms with van der Waals surface area (Å²) >= 11 is 0. The topological polar surface area (TPSA) is 106 Å². The third kappa shape index (κ3) is 12.2. The summed E-state index contributed by atoms with van der Waals surface area (Å²) in [4.78, 5) is 40.2. The number of benzene rings is 5. The van der Waals surface area contributed by atoms with Crippen LogP contribution in [0.2, 0.25) is 0 Å². The summed E-state index contributed by atoms with van der Waals surface area (Å²) < 4.78 is 16.6. The number of hydrogen-bond acceptors (Lipinski definition) is 9. The van der Waals surface area contributed by atoms with Gasteiger partial charge in [0.2, 0.25) is 0 Å². The van der Waals surface area contributed by atoms with Crippen LogP contribution < -0.4 is 15.5 Å². The number of esters is 3. The zero-order valence-corrected chi connectivity index (χ0v) is 42.4. The van der Waals surface area contributed by atoms with Crippen LogP contribution in [-0.4, -0.2) is 56.4 Å². The first kappa shape index (κ1) is 50.3. The average molecular weight is 930 g/mol. The molecule has 0 saturated heterocycles. The van der Waals surface area contributed by atoms with Crippen LogP contribution in [0.1, 0.15) is 110 Å². The van der Waals surface area contributed by atoms with Crippen molar-refractivity contribution in [3.63, 3.8) is 0 Å². The number of anilines is 4. The summed E-state index contributed by atoms with van der Waals surface area (Å²) in [5.74, 6) is -1.30. The van der Waals surface area contributed by atoms with Crippen molar-refractivity contribution < 1.29 is 28.6 Å². The maximum Gasteiger partial charge on any atom is 0.311 e. The van der Waals surface area contributed by atoms with Crippen molar-refractivity contribution >= 4 is 57.0 Å². The highest BCUT2D eigenvalue weighted by atomic mass is 16.6. The van der Waals surface area contributed by atoms with Crippen LogP contribution in [0, 0.1) is 47.0 Å². The van der Waals surface area contributed by atoms with Crippen LogP contribution >= 0.6 is 0 Å². The van der Waals surface area contributed by atoms with Crippen LogP contribution in [0.5, 0.6) is 0 Å². The molecule has 0 spiro atoms. The lowest BCUT2D eigenvalue weighted by Gasteiger charge is -2.33. The van der Waals surface area contributed by atoms with Gasteiger partial charge in [-0.2, -0.15) is 0 Å². The minimum Gasteiger partial charge on any atom is -0.462 e. The molecule has 5 aromatic carbocycles. The van der Waals surface area contributed by atoms with Gasteiger partial charge in [-0.3, -0.25) is 14.4 Å². The quantitative estimate of drug-likeness (QED) is 0.0536. The maximum atomic E-state index is 13.2. The van der Waals surface area contributed by atoms with Crippen molar-refractivity contribution in [3.05, 3.63) is 159 Å². The molecule has 2 atom stereocenters. The van der Waals surface area contributed by atoms with Gasteiger partial charge in [0.05, 0.1) is 30.3 Å². The lowest BCUT2D eigenvalue weighted by atomic mass is 9.86. The summed E-state index contributed by atoms with van der Waals surface area (Å²) in [7, 11) is 2.18. The molecule has 2 unspecified atom stereocenters. The van der Waals surface area contributed by atoms with Gasteiger partial charge in [-0.25, -0.2) is 0 Å². The van der Waals surface area contributed by atoms with Crippen molar-refractivity contribution in [2.75, 3.05) is 35.8 Å². The standard InChI is InChI=1S/C60H71N3O6/c1-11-60(8,9)59(66)68-33-32-67-54(64)30-31-55(65)69-53-19-15-14-18-52(53)62-51-29-28-50(48-16-12-13-17-49(48)51)56(44-20-24-46(25-21-44)61-57-40(4)34-38(2)35-41(57)5)45-22-26-47(27-23-45)63(10)58-42(6)36-39(3)37-43(58)7/h12-13,16-17,20-29,34-37,47,52-53,61-62H,11,14-15,18-19,30-33H2,1-10H3. The van der Waals surface area contributed by atoms with E-state index in [1.165, 1.54) is 39.1 Å². The number of fused-ring (bicyclic) bond motifs is 1. The SMILES string of the molecule is CCC(C)(C)C(=O)OCCOC(=O)CCC(=O)OC1CCCCC1Nc1ccc(C(=C2C=CC(N(C)c3c(C)cc(C)cc3C)C=C2)c2ccc(Nc3c(C)cc(C)cc3C)cc2)c2ccccc12. The number of nitrogens with one attached hydrogen (secondary N) is 2. The third-order valence-corrected chi connectivity index (χ3v) is 13.9. The second kappa shape index (κ2) is 22.2. The first-order valence-corrected chi connectivity index (χ1v) is 24.7. The summed E-state index contributed by atoms with van der Waals surface area (Å²) in [6, 6.07) is 30.6. The van der Waals surface area contributed by atoms with Gasteiger partial charge in [0.1, 0.15) is 19.3 Å². The molecule has 362 valence electrons. The molecule has 0 bridgehead atoms. The largest absolute Gasteiger partial charge is 0.462 e. The minimum absolute atomic E-state index is 0.0254. The van der Waals surface area contributed by atoms with Gasteiger partial charge in [-0.15, -0.1) is 0 Å². The predicted molar refractivity (Wildman–Crippen MR) is 282 cm³/mol. The molecule has 5 aromatic rings. The summed E-state index contributed by atoms with van der Waals surface area (Å²) in [5, 5.41) is 9.69. The molecule has 0 aliphatic heterocycles.